The van der Waals surface area contributed by atoms with Crippen molar-refractivity contribution in [1.29, 1.82) is 0 Å². The van der Waals surface area contributed by atoms with Crippen molar-refractivity contribution in [3.63, 3.8) is 0 Å². The molecule has 0 aromatic rings. The summed E-state index contributed by atoms with van der Waals surface area (Å²) in [5.41, 5.74) is 0. The number of hydrogen-bond donors (Lipinski definition) is 1. The Bertz CT molecular complexity index is 187. The first-order valence-corrected chi connectivity index (χ1v) is 5.45. The van der Waals surface area contributed by atoms with Crippen LogP contribution in [-0.4, -0.2) is 11.7 Å². The number of aliphatic hydroxyl groups excluding tert-OH is 1. The van der Waals surface area contributed by atoms with E-state index in [1.807, 2.05) is 0 Å². The normalized spacial score (nSPS) is 25.1. The molecule has 2 atom stereocenters. The molecular formula is C12H20O. The predicted octanol–water partition coefficient (Wildman–Crippen LogP) is 2.59. The lowest BCUT2D eigenvalue weighted by atomic mass is 10.2. The van der Waals surface area contributed by atoms with E-state index in [4.69, 9.17) is 5.11 Å². The van der Waals surface area contributed by atoms with Gasteiger partial charge in [-0.1, -0.05) is 19.8 Å². The molecule has 1 N–H and O–H groups in total. The van der Waals surface area contributed by atoms with Gasteiger partial charge in [0.15, 0.2) is 0 Å². The molecule has 0 bridgehead atoms. The van der Waals surface area contributed by atoms with E-state index < -0.39 is 0 Å². The summed E-state index contributed by atoms with van der Waals surface area (Å²) in [6.07, 6.45) is 7.09. The minimum atomic E-state index is 0.363. The molecule has 74 valence electrons. The van der Waals surface area contributed by atoms with Crippen LogP contribution in [0.25, 0.3) is 0 Å². The van der Waals surface area contributed by atoms with Crippen LogP contribution in [0.3, 0.4) is 0 Å². The quantitative estimate of drug-likeness (QED) is 0.509. The molecular weight excluding hydrogens is 160 g/mol. The zero-order chi connectivity index (χ0) is 9.52. The molecule has 0 spiro atoms. The van der Waals surface area contributed by atoms with Gasteiger partial charge in [0.25, 0.3) is 0 Å². The highest BCUT2D eigenvalue weighted by molar-refractivity contribution is 5.04. The number of aliphatic hydroxyl groups is 1. The Labute approximate surface area is 81.5 Å². The fraction of sp³-hybridized carbons (Fsp3) is 0.833. The van der Waals surface area contributed by atoms with Crippen molar-refractivity contribution in [2.75, 3.05) is 6.61 Å². The maximum Gasteiger partial charge on any atom is 0.0462 e. The Morgan fingerprint density at radius 1 is 1.23 bits per heavy atom. The molecule has 0 aromatic heterocycles. The Morgan fingerprint density at radius 3 is 2.69 bits per heavy atom. The van der Waals surface area contributed by atoms with E-state index in [0.717, 1.165) is 12.8 Å². The summed E-state index contributed by atoms with van der Waals surface area (Å²) in [7, 11) is 0. The molecule has 1 aliphatic rings. The minimum absolute atomic E-state index is 0.363. The average molecular weight is 180 g/mol. The first-order valence-electron chi connectivity index (χ1n) is 5.45. The van der Waals surface area contributed by atoms with Crippen molar-refractivity contribution in [3.05, 3.63) is 0 Å². The fourth-order valence-corrected chi connectivity index (χ4v) is 1.54. The molecule has 1 heteroatoms. The second-order valence-electron chi connectivity index (χ2n) is 3.95. The SMILES string of the molecule is CCCCCC#CC[C@@H]1C[C@H]1CO. The van der Waals surface area contributed by atoms with E-state index in [1.54, 1.807) is 0 Å². The maximum absolute atomic E-state index is 8.80. The molecule has 13 heavy (non-hydrogen) atoms. The van der Waals surface area contributed by atoms with Gasteiger partial charge >= 0.3 is 0 Å². The van der Waals surface area contributed by atoms with Crippen LogP contribution in [0.4, 0.5) is 0 Å². The molecule has 0 saturated heterocycles. The van der Waals surface area contributed by atoms with Crippen LogP contribution >= 0.6 is 0 Å². The molecule has 1 rings (SSSR count). The van der Waals surface area contributed by atoms with Crippen LogP contribution in [0.5, 0.6) is 0 Å². The lowest BCUT2D eigenvalue weighted by molar-refractivity contribution is 0.269. The highest BCUT2D eigenvalue weighted by atomic mass is 16.3. The van der Waals surface area contributed by atoms with Gasteiger partial charge < -0.3 is 5.11 Å². The van der Waals surface area contributed by atoms with Gasteiger partial charge in [-0.15, -0.1) is 11.8 Å². The Hall–Kier alpha value is -0.480. The van der Waals surface area contributed by atoms with E-state index in [1.165, 1.54) is 25.7 Å². The summed E-state index contributed by atoms with van der Waals surface area (Å²) in [5.74, 6) is 7.70. The van der Waals surface area contributed by atoms with E-state index >= 15 is 0 Å². The number of unbranched alkanes of at least 4 members (excludes halogenated alkanes) is 3. The van der Waals surface area contributed by atoms with Crippen molar-refractivity contribution < 1.29 is 5.11 Å². The third-order valence-electron chi connectivity index (χ3n) is 2.70. The highest BCUT2D eigenvalue weighted by Gasteiger charge is 2.34. The van der Waals surface area contributed by atoms with Gasteiger partial charge in [0.2, 0.25) is 0 Å². The van der Waals surface area contributed by atoms with Gasteiger partial charge in [0.1, 0.15) is 0 Å². The maximum atomic E-state index is 8.80. The summed E-state index contributed by atoms with van der Waals surface area (Å²) in [6.45, 7) is 2.58. The first kappa shape index (κ1) is 10.6. The summed E-state index contributed by atoms with van der Waals surface area (Å²) in [4.78, 5) is 0. The Balaban J connectivity index is 1.93. The lowest BCUT2D eigenvalue weighted by Crippen LogP contribution is -1.87. The van der Waals surface area contributed by atoms with Gasteiger partial charge in [-0.3, -0.25) is 0 Å². The van der Waals surface area contributed by atoms with E-state index in [0.29, 0.717) is 18.4 Å². The summed E-state index contributed by atoms with van der Waals surface area (Å²) < 4.78 is 0. The van der Waals surface area contributed by atoms with Crippen LogP contribution in [0.2, 0.25) is 0 Å². The molecule has 0 unspecified atom stereocenters. The van der Waals surface area contributed by atoms with E-state index in [2.05, 4.69) is 18.8 Å². The molecule has 1 fully saturated rings. The number of rotatable bonds is 5. The van der Waals surface area contributed by atoms with Gasteiger partial charge in [-0.2, -0.15) is 0 Å². The van der Waals surface area contributed by atoms with Gasteiger partial charge in [0.05, 0.1) is 0 Å². The summed E-state index contributed by atoms with van der Waals surface area (Å²) in [6, 6.07) is 0. The van der Waals surface area contributed by atoms with Crippen molar-refractivity contribution in [2.45, 2.75) is 45.4 Å². The van der Waals surface area contributed by atoms with E-state index in [-0.39, 0.29) is 0 Å². The molecule has 1 aliphatic carbocycles. The fourth-order valence-electron chi connectivity index (χ4n) is 1.54. The second-order valence-corrected chi connectivity index (χ2v) is 3.95. The molecule has 0 aromatic carbocycles. The summed E-state index contributed by atoms with van der Waals surface area (Å²) in [5, 5.41) is 8.80. The van der Waals surface area contributed by atoms with Crippen molar-refractivity contribution >= 4 is 0 Å². The van der Waals surface area contributed by atoms with Crippen LogP contribution in [0.1, 0.15) is 45.4 Å². The standard InChI is InChI=1S/C12H20O/c1-2-3-4-5-6-7-8-11-9-12(11)10-13/h11-13H,2-5,8-10H2,1H3/t11-,12+/m1/s1. The van der Waals surface area contributed by atoms with E-state index in [9.17, 15) is 0 Å². The Kier molecular flexibility index (Phi) is 4.93. The van der Waals surface area contributed by atoms with Gasteiger partial charge in [-0.25, -0.2) is 0 Å². The molecule has 0 aliphatic heterocycles. The molecule has 0 heterocycles. The third-order valence-corrected chi connectivity index (χ3v) is 2.70. The minimum Gasteiger partial charge on any atom is -0.396 e. The zero-order valence-electron chi connectivity index (χ0n) is 8.55. The van der Waals surface area contributed by atoms with Gasteiger partial charge in [-0.05, 0) is 24.7 Å². The number of hydrogen-bond acceptors (Lipinski definition) is 1. The average Bonchev–Trinajstić information content (AvgIpc) is 2.90. The zero-order valence-corrected chi connectivity index (χ0v) is 8.55. The van der Waals surface area contributed by atoms with Crippen molar-refractivity contribution in [1.82, 2.24) is 0 Å². The van der Waals surface area contributed by atoms with Crippen LogP contribution in [-0.2, 0) is 0 Å². The highest BCUT2D eigenvalue weighted by Crippen LogP contribution is 2.40. The third kappa shape index (κ3) is 4.33. The molecule has 1 nitrogen and oxygen atoms in total. The lowest BCUT2D eigenvalue weighted by Gasteiger charge is -1.89. The van der Waals surface area contributed by atoms with Crippen LogP contribution in [0, 0.1) is 23.7 Å². The predicted molar refractivity (Wildman–Crippen MR) is 55.2 cm³/mol. The van der Waals surface area contributed by atoms with Crippen LogP contribution < -0.4 is 0 Å². The van der Waals surface area contributed by atoms with Gasteiger partial charge in [0, 0.05) is 19.4 Å². The Morgan fingerprint density at radius 2 is 2.08 bits per heavy atom. The first-order chi connectivity index (χ1) is 6.38. The molecule has 1 saturated carbocycles. The topological polar surface area (TPSA) is 20.2 Å². The van der Waals surface area contributed by atoms with Crippen LogP contribution in [0.15, 0.2) is 0 Å². The van der Waals surface area contributed by atoms with Crippen molar-refractivity contribution in [3.8, 4) is 11.8 Å². The molecule has 0 amide bonds. The largest absolute Gasteiger partial charge is 0.396 e. The monoisotopic (exact) mass is 180 g/mol. The second kappa shape index (κ2) is 6.05. The van der Waals surface area contributed by atoms with Crippen molar-refractivity contribution in [2.24, 2.45) is 11.8 Å². The summed E-state index contributed by atoms with van der Waals surface area (Å²) >= 11 is 0. The smallest absolute Gasteiger partial charge is 0.0462 e. The molecule has 0 radical (unpaired) electrons.